The summed E-state index contributed by atoms with van der Waals surface area (Å²) in [6.07, 6.45) is 5.92. The van der Waals surface area contributed by atoms with Crippen molar-refractivity contribution in [2.75, 3.05) is 13.2 Å². The van der Waals surface area contributed by atoms with Crippen LogP contribution in [-0.2, 0) is 5.54 Å². The third-order valence-electron chi connectivity index (χ3n) is 4.80. The molecule has 1 atom stereocenters. The van der Waals surface area contributed by atoms with Crippen LogP contribution in [0.5, 0.6) is 5.75 Å². The van der Waals surface area contributed by atoms with Gasteiger partial charge in [-0.25, -0.2) is 4.98 Å². The maximum Gasteiger partial charge on any atom is 0.125 e. The number of aliphatic hydroxyl groups is 1. The molecule has 1 aliphatic carbocycles. The van der Waals surface area contributed by atoms with Crippen LogP contribution >= 0.6 is 11.3 Å². The molecule has 1 aromatic heterocycles. The lowest BCUT2D eigenvalue weighted by Gasteiger charge is -2.29. The van der Waals surface area contributed by atoms with Crippen molar-refractivity contribution in [3.05, 3.63) is 45.9 Å². The first-order chi connectivity index (χ1) is 11.6. The molecule has 0 bridgehead atoms. The average molecular weight is 346 g/mol. The second-order valence-corrected chi connectivity index (χ2v) is 7.59. The van der Waals surface area contributed by atoms with Gasteiger partial charge in [-0.3, -0.25) is 0 Å². The van der Waals surface area contributed by atoms with Crippen molar-refractivity contribution in [3.8, 4) is 5.75 Å². The molecule has 24 heavy (non-hydrogen) atoms. The van der Waals surface area contributed by atoms with Crippen LogP contribution in [0.1, 0.15) is 41.8 Å². The number of para-hydroxylation sites is 1. The van der Waals surface area contributed by atoms with E-state index in [9.17, 15) is 5.11 Å². The standard InChI is InChI=1S/C19H26N2O2S/c1-14-6-5-7-15(2)17(14)23-13-16(22)12-21-19(8-3-4-9-19)18-20-10-11-24-18/h5-7,10-11,16,21-22H,3-4,8-9,12-13H2,1-2H3. The molecule has 0 saturated heterocycles. The van der Waals surface area contributed by atoms with Crippen molar-refractivity contribution >= 4 is 11.3 Å². The van der Waals surface area contributed by atoms with Crippen molar-refractivity contribution in [3.63, 3.8) is 0 Å². The van der Waals surface area contributed by atoms with E-state index in [0.717, 1.165) is 34.7 Å². The maximum atomic E-state index is 10.4. The van der Waals surface area contributed by atoms with Crippen LogP contribution in [-0.4, -0.2) is 29.3 Å². The molecule has 5 heteroatoms. The molecule has 4 nitrogen and oxygen atoms in total. The van der Waals surface area contributed by atoms with Crippen molar-refractivity contribution in [1.29, 1.82) is 0 Å². The van der Waals surface area contributed by atoms with Gasteiger partial charge in [-0.1, -0.05) is 31.0 Å². The smallest absolute Gasteiger partial charge is 0.125 e. The lowest BCUT2D eigenvalue weighted by Crippen LogP contribution is -2.45. The molecule has 0 amide bonds. The molecule has 2 N–H and O–H groups in total. The Morgan fingerprint density at radius 1 is 1.29 bits per heavy atom. The van der Waals surface area contributed by atoms with Gasteiger partial charge < -0.3 is 15.2 Å². The number of ether oxygens (including phenoxy) is 1. The fourth-order valence-electron chi connectivity index (χ4n) is 3.48. The highest BCUT2D eigenvalue weighted by atomic mass is 32.1. The molecule has 1 fully saturated rings. The Kier molecular flexibility index (Phi) is 5.54. The summed E-state index contributed by atoms with van der Waals surface area (Å²) < 4.78 is 5.87. The summed E-state index contributed by atoms with van der Waals surface area (Å²) in [4.78, 5) is 4.51. The fraction of sp³-hybridized carbons (Fsp3) is 0.526. The van der Waals surface area contributed by atoms with Gasteiger partial charge in [0.25, 0.3) is 0 Å². The number of aryl methyl sites for hydroxylation is 2. The zero-order valence-corrected chi connectivity index (χ0v) is 15.2. The lowest BCUT2D eigenvalue weighted by atomic mass is 9.98. The van der Waals surface area contributed by atoms with Crippen LogP contribution in [0.4, 0.5) is 0 Å². The van der Waals surface area contributed by atoms with Gasteiger partial charge in [0.05, 0.1) is 5.54 Å². The number of aliphatic hydroxyl groups excluding tert-OH is 1. The number of thiazole rings is 1. The van der Waals surface area contributed by atoms with Gasteiger partial charge in [0.15, 0.2) is 0 Å². The molecule has 1 saturated carbocycles. The predicted molar refractivity (Wildman–Crippen MR) is 97.7 cm³/mol. The van der Waals surface area contributed by atoms with E-state index in [0.29, 0.717) is 13.2 Å². The number of nitrogens with zero attached hydrogens (tertiary/aromatic N) is 1. The summed E-state index contributed by atoms with van der Waals surface area (Å²) >= 11 is 1.70. The van der Waals surface area contributed by atoms with E-state index in [4.69, 9.17) is 4.74 Å². The molecule has 0 radical (unpaired) electrons. The summed E-state index contributed by atoms with van der Waals surface area (Å²) in [5.74, 6) is 0.882. The van der Waals surface area contributed by atoms with Gasteiger partial charge in [0.2, 0.25) is 0 Å². The zero-order valence-electron chi connectivity index (χ0n) is 14.4. The Bertz CT molecular complexity index is 631. The largest absolute Gasteiger partial charge is 0.490 e. The third kappa shape index (κ3) is 3.79. The third-order valence-corrected chi connectivity index (χ3v) is 5.78. The van der Waals surface area contributed by atoms with E-state index in [1.54, 1.807) is 11.3 Å². The molecule has 1 aromatic carbocycles. The molecule has 0 spiro atoms. The lowest BCUT2D eigenvalue weighted by molar-refractivity contribution is 0.0955. The predicted octanol–water partition coefficient (Wildman–Crippen LogP) is 3.56. The summed E-state index contributed by atoms with van der Waals surface area (Å²) in [5, 5.41) is 17.1. The first kappa shape index (κ1) is 17.4. The second kappa shape index (κ2) is 7.64. The number of hydrogen-bond acceptors (Lipinski definition) is 5. The molecule has 1 heterocycles. The van der Waals surface area contributed by atoms with Crippen molar-refractivity contribution in [1.82, 2.24) is 10.3 Å². The number of hydrogen-bond donors (Lipinski definition) is 2. The normalized spacial score (nSPS) is 17.8. The average Bonchev–Trinajstić information content (AvgIpc) is 3.24. The van der Waals surface area contributed by atoms with Crippen molar-refractivity contribution in [2.24, 2.45) is 0 Å². The van der Waals surface area contributed by atoms with Crippen LogP contribution in [0.15, 0.2) is 29.8 Å². The maximum absolute atomic E-state index is 10.4. The van der Waals surface area contributed by atoms with E-state index in [1.807, 2.05) is 43.6 Å². The second-order valence-electron chi connectivity index (χ2n) is 6.69. The van der Waals surface area contributed by atoms with Crippen LogP contribution in [0.2, 0.25) is 0 Å². The van der Waals surface area contributed by atoms with Crippen molar-refractivity contribution < 1.29 is 9.84 Å². The van der Waals surface area contributed by atoms with Crippen LogP contribution in [0, 0.1) is 13.8 Å². The highest BCUT2D eigenvalue weighted by molar-refractivity contribution is 7.09. The number of benzene rings is 1. The van der Waals surface area contributed by atoms with Gasteiger partial charge in [-0.2, -0.15) is 0 Å². The highest BCUT2D eigenvalue weighted by Crippen LogP contribution is 2.39. The van der Waals surface area contributed by atoms with Crippen LogP contribution in [0.25, 0.3) is 0 Å². The monoisotopic (exact) mass is 346 g/mol. The summed E-state index contributed by atoms with van der Waals surface area (Å²) in [5.41, 5.74) is 2.14. The van der Waals surface area contributed by atoms with Gasteiger partial charge in [0.1, 0.15) is 23.5 Å². The minimum Gasteiger partial charge on any atom is -0.490 e. The molecule has 130 valence electrons. The SMILES string of the molecule is Cc1cccc(C)c1OCC(O)CNC1(c2nccs2)CCCC1. The fourth-order valence-corrected chi connectivity index (χ4v) is 4.36. The molecule has 1 unspecified atom stereocenters. The number of rotatable bonds is 7. The molecule has 3 rings (SSSR count). The Labute approximate surface area is 147 Å². The van der Waals surface area contributed by atoms with E-state index < -0.39 is 6.10 Å². The number of aromatic nitrogens is 1. The topological polar surface area (TPSA) is 54.4 Å². The minimum absolute atomic E-state index is 0.0618. The summed E-state index contributed by atoms with van der Waals surface area (Å²) in [6, 6.07) is 6.08. The molecule has 2 aromatic rings. The molecular formula is C19H26N2O2S. The minimum atomic E-state index is -0.540. The summed E-state index contributed by atoms with van der Waals surface area (Å²) in [6.45, 7) is 4.88. The van der Waals surface area contributed by atoms with Gasteiger partial charge in [-0.15, -0.1) is 11.3 Å². The highest BCUT2D eigenvalue weighted by Gasteiger charge is 2.37. The van der Waals surface area contributed by atoms with Crippen LogP contribution < -0.4 is 10.1 Å². The zero-order chi connectivity index (χ0) is 17.0. The van der Waals surface area contributed by atoms with Crippen LogP contribution in [0.3, 0.4) is 0 Å². The Hall–Kier alpha value is -1.43. The quantitative estimate of drug-likeness (QED) is 0.805. The Balaban J connectivity index is 1.56. The first-order valence-electron chi connectivity index (χ1n) is 8.63. The molecule has 1 aliphatic rings. The van der Waals surface area contributed by atoms with Gasteiger partial charge in [0, 0.05) is 18.1 Å². The van der Waals surface area contributed by atoms with E-state index in [-0.39, 0.29) is 5.54 Å². The molecule has 0 aliphatic heterocycles. The van der Waals surface area contributed by atoms with E-state index in [2.05, 4.69) is 10.3 Å². The van der Waals surface area contributed by atoms with E-state index >= 15 is 0 Å². The first-order valence-corrected chi connectivity index (χ1v) is 9.51. The van der Waals surface area contributed by atoms with Crippen molar-refractivity contribution in [2.45, 2.75) is 51.2 Å². The van der Waals surface area contributed by atoms with Gasteiger partial charge >= 0.3 is 0 Å². The molecular weight excluding hydrogens is 320 g/mol. The van der Waals surface area contributed by atoms with Gasteiger partial charge in [-0.05, 0) is 37.8 Å². The Morgan fingerprint density at radius 2 is 2.00 bits per heavy atom. The summed E-state index contributed by atoms with van der Waals surface area (Å²) in [7, 11) is 0. The number of nitrogens with one attached hydrogen (secondary N) is 1. The Morgan fingerprint density at radius 3 is 2.62 bits per heavy atom. The van der Waals surface area contributed by atoms with E-state index in [1.165, 1.54) is 12.8 Å².